The molecule has 0 aliphatic heterocycles. The summed E-state index contributed by atoms with van der Waals surface area (Å²) in [6.45, 7) is 5.38. The van der Waals surface area contributed by atoms with Crippen LogP contribution in [0, 0.1) is 5.92 Å². The van der Waals surface area contributed by atoms with Gasteiger partial charge in [0.1, 0.15) is 11.6 Å². The van der Waals surface area contributed by atoms with E-state index < -0.39 is 0 Å². The second-order valence-corrected chi connectivity index (χ2v) is 10.8. The quantitative estimate of drug-likeness (QED) is 0.212. The molecule has 3 nitrogen and oxygen atoms in total. The van der Waals surface area contributed by atoms with Crippen molar-refractivity contribution in [3.05, 3.63) is 53.6 Å². The van der Waals surface area contributed by atoms with Crippen molar-refractivity contribution in [1.29, 1.82) is 0 Å². The molecule has 0 amide bonds. The molecule has 3 heteroatoms. The van der Waals surface area contributed by atoms with Gasteiger partial charge in [0.2, 0.25) is 0 Å². The van der Waals surface area contributed by atoms with E-state index in [0.29, 0.717) is 11.8 Å². The molecule has 0 N–H and O–H groups in total. The van der Waals surface area contributed by atoms with Gasteiger partial charge in [-0.3, -0.25) is 0 Å². The second kappa shape index (κ2) is 16.7. The normalized spacial score (nSPS) is 18.0. The molecule has 1 aromatic heterocycles. The average Bonchev–Trinajstić information content (AvgIpc) is 2.91. The summed E-state index contributed by atoms with van der Waals surface area (Å²) in [5, 5.41) is 0. The molecule has 1 saturated carbocycles. The molecule has 2 aromatic rings. The minimum atomic E-state index is 0.519. The summed E-state index contributed by atoms with van der Waals surface area (Å²) in [5.74, 6) is 3.24. The van der Waals surface area contributed by atoms with Crippen molar-refractivity contribution < 1.29 is 4.74 Å². The predicted molar refractivity (Wildman–Crippen MR) is 148 cm³/mol. The Balaban J connectivity index is 1.29. The largest absolute Gasteiger partial charge is 0.493 e. The third-order valence-corrected chi connectivity index (χ3v) is 7.73. The highest BCUT2D eigenvalue weighted by Crippen LogP contribution is 2.34. The van der Waals surface area contributed by atoms with E-state index in [2.05, 4.69) is 50.5 Å². The number of unbranched alkanes of at least 4 members (excludes halogenated alkanes) is 9. The highest BCUT2D eigenvalue weighted by molar-refractivity contribution is 5.27. The zero-order valence-electron chi connectivity index (χ0n) is 22.6. The Bertz CT molecular complexity index is 778. The number of aromatic nitrogens is 2. The van der Waals surface area contributed by atoms with Crippen molar-refractivity contribution in [2.75, 3.05) is 6.61 Å². The first-order valence-electron chi connectivity index (χ1n) is 14.8. The Kier molecular flexibility index (Phi) is 13.2. The highest BCUT2D eigenvalue weighted by Gasteiger charge is 2.24. The fourth-order valence-corrected chi connectivity index (χ4v) is 5.30. The molecule has 0 bridgehead atoms. The first-order chi connectivity index (χ1) is 17.3. The van der Waals surface area contributed by atoms with E-state index in [0.717, 1.165) is 24.6 Å². The molecule has 1 aliphatic carbocycles. The minimum absolute atomic E-state index is 0.519. The number of rotatable bonds is 17. The van der Waals surface area contributed by atoms with Crippen LogP contribution in [0.2, 0.25) is 0 Å². The van der Waals surface area contributed by atoms with Gasteiger partial charge >= 0.3 is 0 Å². The predicted octanol–water partition coefficient (Wildman–Crippen LogP) is 9.25. The van der Waals surface area contributed by atoms with Gasteiger partial charge in [0.25, 0.3) is 0 Å². The zero-order chi connectivity index (χ0) is 24.6. The molecule has 194 valence electrons. The minimum Gasteiger partial charge on any atom is -0.493 e. The van der Waals surface area contributed by atoms with Crippen LogP contribution in [0.3, 0.4) is 0 Å². The van der Waals surface area contributed by atoms with Crippen molar-refractivity contribution >= 4 is 0 Å². The zero-order valence-corrected chi connectivity index (χ0v) is 22.6. The van der Waals surface area contributed by atoms with Crippen LogP contribution in [0.15, 0.2) is 36.7 Å². The average molecular weight is 479 g/mol. The van der Waals surface area contributed by atoms with E-state index in [-0.39, 0.29) is 0 Å². The number of hydrogen-bond acceptors (Lipinski definition) is 3. The Labute approximate surface area is 215 Å². The Morgan fingerprint density at radius 1 is 0.657 bits per heavy atom. The first kappa shape index (κ1) is 27.7. The molecule has 0 spiro atoms. The third kappa shape index (κ3) is 10.7. The van der Waals surface area contributed by atoms with Crippen LogP contribution < -0.4 is 4.74 Å². The van der Waals surface area contributed by atoms with Gasteiger partial charge in [-0.05, 0) is 80.5 Å². The van der Waals surface area contributed by atoms with Crippen molar-refractivity contribution in [3.63, 3.8) is 0 Å². The third-order valence-electron chi connectivity index (χ3n) is 7.73. The highest BCUT2D eigenvalue weighted by atomic mass is 16.5. The Morgan fingerprint density at radius 3 is 1.83 bits per heavy atom. The van der Waals surface area contributed by atoms with Gasteiger partial charge in [-0.1, -0.05) is 83.8 Å². The molecule has 1 aliphatic rings. The number of aryl methyl sites for hydroxylation is 2. The maximum absolute atomic E-state index is 6.14. The van der Waals surface area contributed by atoms with E-state index >= 15 is 0 Å². The molecule has 0 radical (unpaired) electrons. The summed E-state index contributed by atoms with van der Waals surface area (Å²) in [7, 11) is 0. The van der Waals surface area contributed by atoms with Crippen LogP contribution in [0.25, 0.3) is 0 Å². The fraction of sp³-hybridized carbons (Fsp3) is 0.688. The lowest BCUT2D eigenvalue weighted by Gasteiger charge is -2.27. The first-order valence-corrected chi connectivity index (χ1v) is 14.8. The lowest BCUT2D eigenvalue weighted by atomic mass is 9.82. The number of ether oxygens (including phenoxy) is 1. The van der Waals surface area contributed by atoms with E-state index in [4.69, 9.17) is 14.7 Å². The van der Waals surface area contributed by atoms with E-state index in [1.54, 1.807) is 0 Å². The molecule has 0 atom stereocenters. The summed E-state index contributed by atoms with van der Waals surface area (Å²) < 4.78 is 6.14. The number of nitrogens with zero attached hydrogens (tertiary/aromatic N) is 2. The molecule has 0 unspecified atom stereocenters. The monoisotopic (exact) mass is 478 g/mol. The molecule has 0 saturated heterocycles. The standard InChI is InChI=1S/C32H50N2O/c1-3-5-7-9-10-11-13-15-29-24-33-32(34-25-29)30-20-16-28(17-21-30)26-35-31-22-18-27(19-23-31)14-12-8-6-4-2/h18-19,22-25,28,30H,3-17,20-21,26H2,1-2H3. The molecule has 35 heavy (non-hydrogen) atoms. The van der Waals surface area contributed by atoms with Crippen molar-refractivity contribution in [3.8, 4) is 5.75 Å². The van der Waals surface area contributed by atoms with Gasteiger partial charge in [0.15, 0.2) is 0 Å². The lowest BCUT2D eigenvalue weighted by molar-refractivity contribution is 0.198. The fourth-order valence-electron chi connectivity index (χ4n) is 5.30. The van der Waals surface area contributed by atoms with Crippen molar-refractivity contribution in [2.45, 2.75) is 129 Å². The van der Waals surface area contributed by atoms with Crippen LogP contribution >= 0.6 is 0 Å². The SMILES string of the molecule is CCCCCCCCCc1cnc(C2CCC(COc3ccc(CCCCCC)cc3)CC2)nc1. The summed E-state index contributed by atoms with van der Waals surface area (Å²) in [5.41, 5.74) is 2.73. The molecule has 1 heterocycles. The summed E-state index contributed by atoms with van der Waals surface area (Å²) in [4.78, 5) is 9.52. The van der Waals surface area contributed by atoms with Crippen molar-refractivity contribution in [2.24, 2.45) is 5.92 Å². The van der Waals surface area contributed by atoms with Crippen LogP contribution in [0.4, 0.5) is 0 Å². The van der Waals surface area contributed by atoms with Gasteiger partial charge in [0, 0.05) is 18.3 Å². The Hall–Kier alpha value is -1.90. The summed E-state index contributed by atoms with van der Waals surface area (Å²) >= 11 is 0. The second-order valence-electron chi connectivity index (χ2n) is 10.8. The summed E-state index contributed by atoms with van der Waals surface area (Å²) in [6, 6.07) is 8.80. The number of hydrogen-bond donors (Lipinski definition) is 0. The van der Waals surface area contributed by atoms with Gasteiger partial charge in [0.05, 0.1) is 6.61 Å². The summed E-state index contributed by atoms with van der Waals surface area (Å²) in [6.07, 6.45) is 26.0. The smallest absolute Gasteiger partial charge is 0.131 e. The van der Waals surface area contributed by atoms with Crippen LogP contribution in [-0.4, -0.2) is 16.6 Å². The molecule has 1 fully saturated rings. The van der Waals surface area contributed by atoms with E-state index in [1.165, 1.54) is 114 Å². The molecular formula is C32H50N2O. The molecule has 3 rings (SSSR count). The maximum Gasteiger partial charge on any atom is 0.131 e. The molecular weight excluding hydrogens is 428 g/mol. The van der Waals surface area contributed by atoms with Crippen LogP contribution in [-0.2, 0) is 12.8 Å². The van der Waals surface area contributed by atoms with Gasteiger partial charge in [-0.25, -0.2) is 9.97 Å². The van der Waals surface area contributed by atoms with Crippen LogP contribution in [0.5, 0.6) is 5.75 Å². The topological polar surface area (TPSA) is 35.0 Å². The number of benzene rings is 1. The van der Waals surface area contributed by atoms with Crippen LogP contribution in [0.1, 0.15) is 133 Å². The van der Waals surface area contributed by atoms with E-state index in [9.17, 15) is 0 Å². The van der Waals surface area contributed by atoms with Gasteiger partial charge in [-0.2, -0.15) is 0 Å². The van der Waals surface area contributed by atoms with E-state index in [1.807, 2.05) is 0 Å². The van der Waals surface area contributed by atoms with Crippen molar-refractivity contribution in [1.82, 2.24) is 9.97 Å². The van der Waals surface area contributed by atoms with Gasteiger partial charge < -0.3 is 4.74 Å². The maximum atomic E-state index is 6.14. The van der Waals surface area contributed by atoms with Gasteiger partial charge in [-0.15, -0.1) is 0 Å². The Morgan fingerprint density at radius 2 is 1.20 bits per heavy atom. The molecule has 1 aromatic carbocycles. The lowest BCUT2D eigenvalue weighted by Crippen LogP contribution is -2.20.